The van der Waals surface area contributed by atoms with Gasteiger partial charge in [0, 0.05) is 16.0 Å². The molecule has 1 aliphatic heterocycles. The molecule has 0 bridgehead atoms. The second-order valence-electron chi connectivity index (χ2n) is 8.38. The first-order chi connectivity index (χ1) is 16.8. The number of nitriles is 1. The van der Waals surface area contributed by atoms with E-state index in [0.717, 1.165) is 37.7 Å². The van der Waals surface area contributed by atoms with E-state index in [1.807, 2.05) is 55.7 Å². The van der Waals surface area contributed by atoms with E-state index in [1.54, 1.807) is 17.4 Å². The highest BCUT2D eigenvalue weighted by atomic mass is 32.1. The summed E-state index contributed by atoms with van der Waals surface area (Å²) in [7, 11) is 0. The summed E-state index contributed by atoms with van der Waals surface area (Å²) in [5.41, 5.74) is 5.07. The summed E-state index contributed by atoms with van der Waals surface area (Å²) in [6.07, 6.45) is -0.209. The van der Waals surface area contributed by atoms with Crippen molar-refractivity contribution in [3.63, 3.8) is 0 Å². The molecule has 0 radical (unpaired) electrons. The molecule has 5 rings (SSSR count). The maximum atomic E-state index is 13.8. The Morgan fingerprint density at radius 2 is 1.80 bits per heavy atom. The molecule has 7 nitrogen and oxygen atoms in total. The van der Waals surface area contributed by atoms with Crippen molar-refractivity contribution in [3.05, 3.63) is 87.1 Å². The number of carbonyl (C=O) groups is 1. The highest BCUT2D eigenvalue weighted by Gasteiger charge is 2.32. The van der Waals surface area contributed by atoms with Crippen LogP contribution in [0.4, 0.5) is 4.39 Å². The van der Waals surface area contributed by atoms with Crippen molar-refractivity contribution in [3.8, 4) is 22.2 Å². The fourth-order valence-corrected chi connectivity index (χ4v) is 5.52. The molecule has 1 N–H and O–H groups in total. The van der Waals surface area contributed by atoms with E-state index in [0.29, 0.717) is 17.4 Å². The topological polar surface area (TPSA) is 104 Å². The third kappa shape index (κ3) is 3.82. The monoisotopic (exact) mass is 485 g/mol. The van der Waals surface area contributed by atoms with E-state index in [1.165, 1.54) is 12.1 Å². The summed E-state index contributed by atoms with van der Waals surface area (Å²) in [4.78, 5) is 17.7. The number of thiophene rings is 1. The summed E-state index contributed by atoms with van der Waals surface area (Å²) < 4.78 is 15.7. The van der Waals surface area contributed by atoms with Gasteiger partial charge in [-0.2, -0.15) is 5.26 Å². The molecular weight excluding hydrogens is 465 g/mol. The zero-order chi connectivity index (χ0) is 24.9. The molecule has 0 saturated carbocycles. The lowest BCUT2D eigenvalue weighted by atomic mass is 9.96. The highest BCUT2D eigenvalue weighted by Crippen LogP contribution is 2.39. The number of fused-ring (bicyclic) bond motifs is 3. The van der Waals surface area contributed by atoms with Gasteiger partial charge >= 0.3 is 5.97 Å². The molecule has 2 aromatic carbocycles. The zero-order valence-corrected chi connectivity index (χ0v) is 20.0. The number of aliphatic imine (C=N–C) groups is 1. The smallest absolute Gasteiger partial charge is 0.306 e. The lowest BCUT2D eigenvalue weighted by Crippen LogP contribution is -2.10. The van der Waals surface area contributed by atoms with Crippen LogP contribution in [0.25, 0.3) is 16.1 Å². The summed E-state index contributed by atoms with van der Waals surface area (Å²) in [6, 6.07) is 13.2. The van der Waals surface area contributed by atoms with Crippen LogP contribution in [0.1, 0.15) is 51.2 Å². The molecule has 0 saturated heterocycles. The Bertz CT molecular complexity index is 1560. The second-order valence-corrected chi connectivity index (χ2v) is 9.58. The molecule has 2 aromatic heterocycles. The van der Waals surface area contributed by atoms with Crippen LogP contribution in [0.15, 0.2) is 47.5 Å². The van der Waals surface area contributed by atoms with Gasteiger partial charge in [0.05, 0.1) is 17.7 Å². The molecule has 174 valence electrons. The van der Waals surface area contributed by atoms with Crippen LogP contribution < -0.4 is 0 Å². The van der Waals surface area contributed by atoms with Crippen molar-refractivity contribution in [1.82, 2.24) is 14.8 Å². The molecule has 3 heterocycles. The number of halogens is 1. The van der Waals surface area contributed by atoms with Crippen LogP contribution in [0.3, 0.4) is 0 Å². The van der Waals surface area contributed by atoms with Crippen LogP contribution in [-0.2, 0) is 4.79 Å². The van der Waals surface area contributed by atoms with Crippen molar-refractivity contribution in [1.29, 1.82) is 5.26 Å². The molecule has 4 aromatic rings. The minimum Gasteiger partial charge on any atom is -0.481 e. The van der Waals surface area contributed by atoms with E-state index in [9.17, 15) is 14.3 Å². The Labute approximate surface area is 204 Å². The van der Waals surface area contributed by atoms with Gasteiger partial charge < -0.3 is 5.11 Å². The van der Waals surface area contributed by atoms with Crippen molar-refractivity contribution < 1.29 is 14.3 Å². The number of aliphatic carboxylic acids is 1. The fraction of sp³-hybridized carbons (Fsp3) is 0.192. The van der Waals surface area contributed by atoms with E-state index < -0.39 is 17.8 Å². The van der Waals surface area contributed by atoms with Crippen LogP contribution in [0.5, 0.6) is 0 Å². The number of rotatable bonds is 4. The normalized spacial score (nSPS) is 14.5. The average Bonchev–Trinajstić information content (AvgIpc) is 3.31. The molecule has 1 atom stereocenters. The Morgan fingerprint density at radius 3 is 2.49 bits per heavy atom. The van der Waals surface area contributed by atoms with Gasteiger partial charge in [0.25, 0.3) is 0 Å². The number of nitrogens with zero attached hydrogens (tertiary/aromatic N) is 5. The molecule has 0 spiro atoms. The first-order valence-corrected chi connectivity index (χ1v) is 11.7. The quantitative estimate of drug-likeness (QED) is 0.422. The molecule has 0 aliphatic carbocycles. The minimum absolute atomic E-state index is 0.0105. The Balaban J connectivity index is 1.66. The van der Waals surface area contributed by atoms with Crippen LogP contribution >= 0.6 is 11.3 Å². The predicted octanol–water partition coefficient (Wildman–Crippen LogP) is 5.30. The first kappa shape index (κ1) is 22.6. The van der Waals surface area contributed by atoms with Gasteiger partial charge in [-0.25, -0.2) is 4.39 Å². The number of carboxylic acids is 1. The van der Waals surface area contributed by atoms with Crippen molar-refractivity contribution in [2.45, 2.75) is 33.2 Å². The van der Waals surface area contributed by atoms with Crippen molar-refractivity contribution in [2.75, 3.05) is 0 Å². The van der Waals surface area contributed by atoms with Crippen molar-refractivity contribution in [2.24, 2.45) is 4.99 Å². The maximum absolute atomic E-state index is 13.8. The molecule has 0 amide bonds. The van der Waals surface area contributed by atoms with E-state index in [4.69, 9.17) is 10.3 Å². The average molecular weight is 486 g/mol. The number of hydrogen-bond acceptors (Lipinski definition) is 6. The van der Waals surface area contributed by atoms with Gasteiger partial charge in [-0.3, -0.25) is 14.4 Å². The van der Waals surface area contributed by atoms with Gasteiger partial charge in [-0.1, -0.05) is 30.3 Å². The first-order valence-electron chi connectivity index (χ1n) is 10.9. The third-order valence-electron chi connectivity index (χ3n) is 6.19. The molecule has 35 heavy (non-hydrogen) atoms. The summed E-state index contributed by atoms with van der Waals surface area (Å²) >= 11 is 1.60. The lowest BCUT2D eigenvalue weighted by molar-refractivity contribution is -0.137. The van der Waals surface area contributed by atoms with E-state index >= 15 is 0 Å². The SMILES string of the molecule is Cc1sc2c(c1C)C(c1ccc(-c3ccc(F)c(C#N)c3)cc1)=N[C@@H](CC(=O)O)c1nnc(C)n1-2. The van der Waals surface area contributed by atoms with Gasteiger partial charge in [-0.05, 0) is 49.6 Å². The van der Waals surface area contributed by atoms with Gasteiger partial charge in [-0.15, -0.1) is 21.5 Å². The molecule has 0 unspecified atom stereocenters. The molecule has 0 fully saturated rings. The Hall–Kier alpha value is -4.16. The number of aryl methyl sites for hydroxylation is 2. The standard InChI is InChI=1S/C26H20FN5O2S/c1-13-14(2)35-26-23(13)24(29-21(11-22(33)34)25-31-30-15(3)32(25)26)17-6-4-16(5-7-17)18-8-9-20(27)19(10-18)12-28/h4-10,21H,11H2,1-3H3,(H,33,34)/t21-/m0/s1. The number of aromatic nitrogens is 3. The van der Waals surface area contributed by atoms with Gasteiger partial charge in [0.2, 0.25) is 0 Å². The van der Waals surface area contributed by atoms with Crippen LogP contribution in [0, 0.1) is 37.9 Å². The van der Waals surface area contributed by atoms with E-state index in [-0.39, 0.29) is 12.0 Å². The molecule has 1 aliphatic rings. The number of carboxylic acid groups (broad SMARTS) is 1. The lowest BCUT2D eigenvalue weighted by Gasteiger charge is -2.11. The highest BCUT2D eigenvalue weighted by molar-refractivity contribution is 7.15. The Morgan fingerprint density at radius 1 is 1.11 bits per heavy atom. The molecule has 9 heteroatoms. The van der Waals surface area contributed by atoms with Gasteiger partial charge in [0.15, 0.2) is 5.82 Å². The molecular formula is C26H20FN5O2S. The zero-order valence-electron chi connectivity index (χ0n) is 19.2. The third-order valence-corrected chi connectivity index (χ3v) is 7.38. The summed E-state index contributed by atoms with van der Waals surface area (Å²) in [5.74, 6) is -0.338. The minimum atomic E-state index is -0.969. The van der Waals surface area contributed by atoms with Gasteiger partial charge in [0.1, 0.15) is 28.8 Å². The van der Waals surface area contributed by atoms with E-state index in [2.05, 4.69) is 10.2 Å². The number of hydrogen-bond donors (Lipinski definition) is 1. The van der Waals surface area contributed by atoms with Crippen LogP contribution in [0.2, 0.25) is 0 Å². The summed E-state index contributed by atoms with van der Waals surface area (Å²) in [6.45, 7) is 5.93. The van der Waals surface area contributed by atoms with Crippen LogP contribution in [-0.4, -0.2) is 31.6 Å². The summed E-state index contributed by atoms with van der Waals surface area (Å²) in [5, 5.41) is 28.1. The Kier molecular flexibility index (Phi) is 5.53. The number of benzene rings is 2. The largest absolute Gasteiger partial charge is 0.481 e. The second kappa shape index (κ2) is 8.56. The van der Waals surface area contributed by atoms with Crippen molar-refractivity contribution >= 4 is 23.0 Å². The fourth-order valence-electron chi connectivity index (χ4n) is 4.30. The maximum Gasteiger partial charge on any atom is 0.306 e. The predicted molar refractivity (Wildman–Crippen MR) is 131 cm³/mol.